The zero-order chi connectivity index (χ0) is 17.1. The number of hydrogen-bond donors (Lipinski definition) is 1. The van der Waals surface area contributed by atoms with Gasteiger partial charge in [-0.1, -0.05) is 6.07 Å². The molecule has 3 rings (SSSR count). The molecule has 0 aliphatic rings. The number of carbonyl (C=O) groups excluding carboxylic acids is 1. The molecule has 1 amide bonds. The molecule has 0 saturated carbocycles. The topological polar surface area (TPSA) is 85.1 Å². The molecule has 0 atom stereocenters. The van der Waals surface area contributed by atoms with Crippen LogP contribution in [0.25, 0.3) is 10.6 Å². The van der Waals surface area contributed by atoms with E-state index in [0.717, 1.165) is 20.5 Å². The number of thiophene rings is 1. The van der Waals surface area contributed by atoms with E-state index in [4.69, 9.17) is 0 Å². The van der Waals surface area contributed by atoms with Gasteiger partial charge in [-0.05, 0) is 25.1 Å². The maximum atomic E-state index is 12.1. The number of rotatable bonds is 5. The van der Waals surface area contributed by atoms with Gasteiger partial charge in [-0.3, -0.25) is 14.9 Å². The second-order valence-corrected chi connectivity index (χ2v) is 7.24. The minimum Gasteiger partial charge on any atom is -0.347 e. The fourth-order valence-corrected chi connectivity index (χ4v) is 3.71. The van der Waals surface area contributed by atoms with Crippen LogP contribution in [0.2, 0.25) is 0 Å². The lowest BCUT2D eigenvalue weighted by Gasteiger charge is -2.03. The van der Waals surface area contributed by atoms with E-state index >= 15 is 0 Å². The summed E-state index contributed by atoms with van der Waals surface area (Å²) in [5.41, 5.74) is 1.12. The van der Waals surface area contributed by atoms with Crippen LogP contribution in [0.3, 0.4) is 0 Å². The van der Waals surface area contributed by atoms with Crippen molar-refractivity contribution in [3.05, 3.63) is 67.3 Å². The van der Waals surface area contributed by atoms with Crippen LogP contribution in [0.1, 0.15) is 20.2 Å². The van der Waals surface area contributed by atoms with Crippen LogP contribution in [-0.2, 0) is 6.54 Å². The van der Waals surface area contributed by atoms with Gasteiger partial charge in [-0.25, -0.2) is 4.98 Å². The third kappa shape index (κ3) is 3.66. The van der Waals surface area contributed by atoms with E-state index in [9.17, 15) is 14.9 Å². The molecule has 0 spiro atoms. The summed E-state index contributed by atoms with van der Waals surface area (Å²) < 4.78 is 0. The predicted molar refractivity (Wildman–Crippen MR) is 94.4 cm³/mol. The van der Waals surface area contributed by atoms with Crippen molar-refractivity contribution in [1.82, 2.24) is 10.3 Å². The van der Waals surface area contributed by atoms with Crippen LogP contribution < -0.4 is 5.32 Å². The largest absolute Gasteiger partial charge is 0.347 e. The van der Waals surface area contributed by atoms with E-state index < -0.39 is 4.92 Å². The van der Waals surface area contributed by atoms with Gasteiger partial charge in [0.2, 0.25) is 0 Å². The summed E-state index contributed by atoms with van der Waals surface area (Å²) >= 11 is 3.16. The van der Waals surface area contributed by atoms with E-state index in [1.807, 2.05) is 24.4 Å². The molecule has 1 N–H and O–H groups in total. The average Bonchev–Trinajstić information content (AvgIpc) is 3.21. The minimum atomic E-state index is -0.516. The van der Waals surface area contributed by atoms with E-state index in [1.165, 1.54) is 18.2 Å². The summed E-state index contributed by atoms with van der Waals surface area (Å²) in [4.78, 5) is 28.9. The first-order valence-corrected chi connectivity index (χ1v) is 8.76. The Labute approximate surface area is 146 Å². The molecule has 0 unspecified atom stereocenters. The van der Waals surface area contributed by atoms with Gasteiger partial charge in [0.05, 0.1) is 27.0 Å². The molecule has 122 valence electrons. The van der Waals surface area contributed by atoms with E-state index in [1.54, 1.807) is 28.7 Å². The zero-order valence-corrected chi connectivity index (χ0v) is 14.3. The quantitative estimate of drug-likeness (QED) is 0.551. The second kappa shape index (κ2) is 6.90. The van der Waals surface area contributed by atoms with Crippen LogP contribution in [0.4, 0.5) is 5.69 Å². The molecule has 2 aromatic heterocycles. The lowest BCUT2D eigenvalue weighted by atomic mass is 10.2. The van der Waals surface area contributed by atoms with E-state index in [2.05, 4.69) is 10.3 Å². The smallest absolute Gasteiger partial charge is 0.270 e. The Morgan fingerprint density at radius 3 is 2.88 bits per heavy atom. The Morgan fingerprint density at radius 2 is 2.17 bits per heavy atom. The fourth-order valence-electron chi connectivity index (χ4n) is 2.12. The summed E-state index contributed by atoms with van der Waals surface area (Å²) in [7, 11) is 0. The number of benzene rings is 1. The third-order valence-corrected chi connectivity index (χ3v) is 5.16. The van der Waals surface area contributed by atoms with Gasteiger partial charge < -0.3 is 5.32 Å². The maximum absolute atomic E-state index is 12.1. The van der Waals surface area contributed by atoms with Gasteiger partial charge in [-0.15, -0.1) is 22.7 Å². The molecule has 2 heterocycles. The van der Waals surface area contributed by atoms with Crippen molar-refractivity contribution in [2.75, 3.05) is 0 Å². The van der Waals surface area contributed by atoms with Gasteiger partial charge in [0.25, 0.3) is 11.6 Å². The van der Waals surface area contributed by atoms with Crippen molar-refractivity contribution in [3.63, 3.8) is 0 Å². The first kappa shape index (κ1) is 16.3. The van der Waals surface area contributed by atoms with Crippen molar-refractivity contribution in [3.8, 4) is 10.6 Å². The molecule has 0 radical (unpaired) electrons. The first-order valence-electron chi connectivity index (χ1n) is 7.07. The number of aryl methyl sites for hydroxylation is 1. The number of hydrogen-bond acceptors (Lipinski definition) is 6. The molecule has 1 aromatic carbocycles. The van der Waals surface area contributed by atoms with Crippen molar-refractivity contribution >= 4 is 34.3 Å². The van der Waals surface area contributed by atoms with Gasteiger partial charge in [0.1, 0.15) is 0 Å². The SMILES string of the molecule is Cc1nc(-c2ccc(CNC(=O)c3cccc([N+](=O)[O-])c3)s2)cs1. The standard InChI is InChI=1S/C16H13N3O3S2/c1-10-18-14(9-23-10)15-6-5-13(24-15)8-17-16(20)11-3-2-4-12(7-11)19(21)22/h2-7,9H,8H2,1H3,(H,17,20). The third-order valence-electron chi connectivity index (χ3n) is 3.28. The number of non-ortho nitro benzene ring substituents is 1. The molecular weight excluding hydrogens is 346 g/mol. The highest BCUT2D eigenvalue weighted by Crippen LogP contribution is 2.29. The molecule has 0 aliphatic carbocycles. The molecule has 8 heteroatoms. The molecule has 0 saturated heterocycles. The number of thiazole rings is 1. The molecular formula is C16H13N3O3S2. The van der Waals surface area contributed by atoms with Crippen molar-refractivity contribution < 1.29 is 9.72 Å². The van der Waals surface area contributed by atoms with Gasteiger partial charge in [0.15, 0.2) is 0 Å². The number of carbonyl (C=O) groups is 1. The monoisotopic (exact) mass is 359 g/mol. The van der Waals surface area contributed by atoms with Crippen molar-refractivity contribution in [1.29, 1.82) is 0 Å². The Bertz CT molecular complexity index is 901. The normalized spacial score (nSPS) is 10.5. The number of amides is 1. The predicted octanol–water partition coefficient (Wildman–Crippen LogP) is 4.02. The van der Waals surface area contributed by atoms with Crippen LogP contribution in [-0.4, -0.2) is 15.8 Å². The van der Waals surface area contributed by atoms with Crippen LogP contribution >= 0.6 is 22.7 Å². The fraction of sp³-hybridized carbons (Fsp3) is 0.125. The lowest BCUT2D eigenvalue weighted by molar-refractivity contribution is -0.384. The molecule has 6 nitrogen and oxygen atoms in total. The molecule has 0 aliphatic heterocycles. The van der Waals surface area contributed by atoms with Gasteiger partial charge >= 0.3 is 0 Å². The Morgan fingerprint density at radius 1 is 1.33 bits per heavy atom. The maximum Gasteiger partial charge on any atom is 0.270 e. The van der Waals surface area contributed by atoms with Crippen molar-refractivity contribution in [2.24, 2.45) is 0 Å². The van der Waals surface area contributed by atoms with Crippen molar-refractivity contribution in [2.45, 2.75) is 13.5 Å². The second-order valence-electron chi connectivity index (χ2n) is 5.01. The number of nitro groups is 1. The first-order chi connectivity index (χ1) is 11.5. The van der Waals surface area contributed by atoms with E-state index in [0.29, 0.717) is 6.54 Å². The lowest BCUT2D eigenvalue weighted by Crippen LogP contribution is -2.22. The number of nitrogens with zero attached hydrogens (tertiary/aromatic N) is 2. The summed E-state index contributed by atoms with van der Waals surface area (Å²) in [5, 5.41) is 16.6. The number of aromatic nitrogens is 1. The summed E-state index contributed by atoms with van der Waals surface area (Å²) in [6.07, 6.45) is 0. The van der Waals surface area contributed by atoms with E-state index in [-0.39, 0.29) is 17.2 Å². The molecule has 3 aromatic rings. The van der Waals surface area contributed by atoms with Crippen LogP contribution in [0.5, 0.6) is 0 Å². The Hall–Kier alpha value is -2.58. The zero-order valence-electron chi connectivity index (χ0n) is 12.7. The Kier molecular flexibility index (Phi) is 4.68. The number of nitro benzene ring substituents is 1. The molecule has 24 heavy (non-hydrogen) atoms. The molecule has 0 bridgehead atoms. The minimum absolute atomic E-state index is 0.0973. The highest BCUT2D eigenvalue weighted by molar-refractivity contribution is 7.16. The van der Waals surface area contributed by atoms with Crippen LogP contribution in [0, 0.1) is 17.0 Å². The Balaban J connectivity index is 1.65. The summed E-state index contributed by atoms with van der Waals surface area (Å²) in [5.74, 6) is -0.335. The highest BCUT2D eigenvalue weighted by atomic mass is 32.1. The van der Waals surface area contributed by atoms with Crippen LogP contribution in [0.15, 0.2) is 41.8 Å². The van der Waals surface area contributed by atoms with Gasteiger partial charge in [-0.2, -0.15) is 0 Å². The number of nitrogens with one attached hydrogen (secondary N) is 1. The average molecular weight is 359 g/mol. The highest BCUT2D eigenvalue weighted by Gasteiger charge is 2.12. The summed E-state index contributed by atoms with van der Waals surface area (Å²) in [6, 6.07) is 9.61. The molecule has 0 fully saturated rings. The van der Waals surface area contributed by atoms with Gasteiger partial charge in [0, 0.05) is 28.0 Å². The summed E-state index contributed by atoms with van der Waals surface area (Å²) in [6.45, 7) is 2.33.